The Hall–Kier alpha value is -3.41. The monoisotopic (exact) mass is 334 g/mol. The van der Waals surface area contributed by atoms with E-state index in [0.717, 1.165) is 17.0 Å². The van der Waals surface area contributed by atoms with Gasteiger partial charge in [-0.3, -0.25) is 4.79 Å². The highest BCUT2D eigenvalue weighted by molar-refractivity contribution is 6.03. The molecule has 3 rings (SSSR count). The Morgan fingerprint density at radius 1 is 1.00 bits per heavy atom. The van der Waals surface area contributed by atoms with Gasteiger partial charge in [0.1, 0.15) is 5.75 Å². The van der Waals surface area contributed by atoms with Gasteiger partial charge in [0.25, 0.3) is 5.91 Å². The molecule has 0 saturated heterocycles. The van der Waals surface area contributed by atoms with Crippen LogP contribution in [0.2, 0.25) is 0 Å². The van der Waals surface area contributed by atoms with Crippen molar-refractivity contribution in [3.8, 4) is 5.75 Å². The first-order valence-corrected chi connectivity index (χ1v) is 7.80. The first-order valence-electron chi connectivity index (χ1n) is 7.80. The second-order valence-electron chi connectivity index (χ2n) is 5.28. The number of benzene rings is 2. The lowest BCUT2D eigenvalue weighted by Gasteiger charge is -2.09. The lowest BCUT2D eigenvalue weighted by atomic mass is 10.2. The number of amides is 1. The van der Waals surface area contributed by atoms with Crippen molar-refractivity contribution in [2.45, 2.75) is 6.54 Å². The molecule has 0 bridgehead atoms. The second-order valence-corrected chi connectivity index (χ2v) is 5.28. The molecule has 1 heterocycles. The molecule has 6 heteroatoms. The highest BCUT2D eigenvalue weighted by atomic mass is 16.5. The molecule has 2 aromatic carbocycles. The van der Waals surface area contributed by atoms with Crippen molar-refractivity contribution in [2.24, 2.45) is 0 Å². The van der Waals surface area contributed by atoms with E-state index in [1.165, 1.54) is 12.4 Å². The number of nitrogens with zero attached hydrogens (tertiary/aromatic N) is 2. The number of ether oxygens (including phenoxy) is 1. The number of rotatable bonds is 6. The van der Waals surface area contributed by atoms with E-state index in [0.29, 0.717) is 18.1 Å². The molecule has 25 heavy (non-hydrogen) atoms. The minimum Gasteiger partial charge on any atom is -0.496 e. The molecule has 0 aliphatic rings. The molecule has 0 unspecified atom stereocenters. The fraction of sp³-hybridized carbons (Fsp3) is 0.105. The van der Waals surface area contributed by atoms with E-state index in [1.807, 2.05) is 54.6 Å². The van der Waals surface area contributed by atoms with Crippen LogP contribution in [0.1, 0.15) is 15.9 Å². The fourth-order valence-electron chi connectivity index (χ4n) is 2.28. The summed E-state index contributed by atoms with van der Waals surface area (Å²) in [6, 6.07) is 17.0. The third-order valence-corrected chi connectivity index (χ3v) is 3.58. The van der Waals surface area contributed by atoms with E-state index in [9.17, 15) is 4.79 Å². The highest BCUT2D eigenvalue weighted by Gasteiger charge is 2.08. The lowest BCUT2D eigenvalue weighted by Crippen LogP contribution is -2.13. The van der Waals surface area contributed by atoms with Crippen LogP contribution in [-0.4, -0.2) is 23.0 Å². The minimum absolute atomic E-state index is 0.248. The fourth-order valence-corrected chi connectivity index (χ4v) is 2.28. The topological polar surface area (TPSA) is 76.1 Å². The number of para-hydroxylation sites is 2. The first-order chi connectivity index (χ1) is 12.3. The molecule has 0 aliphatic heterocycles. The van der Waals surface area contributed by atoms with Gasteiger partial charge in [-0.2, -0.15) is 0 Å². The Morgan fingerprint density at radius 2 is 1.68 bits per heavy atom. The molecule has 0 saturated carbocycles. The molecule has 1 aromatic heterocycles. The van der Waals surface area contributed by atoms with Crippen molar-refractivity contribution in [1.82, 2.24) is 9.97 Å². The summed E-state index contributed by atoms with van der Waals surface area (Å²) in [5, 5.41) is 5.91. The van der Waals surface area contributed by atoms with Crippen LogP contribution in [0, 0.1) is 0 Å². The third-order valence-electron chi connectivity index (χ3n) is 3.58. The van der Waals surface area contributed by atoms with Gasteiger partial charge in [0.15, 0.2) is 0 Å². The van der Waals surface area contributed by atoms with Crippen molar-refractivity contribution in [2.75, 3.05) is 17.7 Å². The molecule has 0 fully saturated rings. The standard InChI is InChI=1S/C19H18N4O2/c1-25-17-10-6-5-7-14(17)11-20-19-21-12-15(13-22-19)18(24)23-16-8-3-2-4-9-16/h2-10,12-13H,11H2,1H3,(H,23,24)(H,20,21,22). The summed E-state index contributed by atoms with van der Waals surface area (Å²) < 4.78 is 5.31. The molecular formula is C19H18N4O2. The van der Waals surface area contributed by atoms with E-state index in [2.05, 4.69) is 20.6 Å². The summed E-state index contributed by atoms with van der Waals surface area (Å²) in [6.07, 6.45) is 2.99. The largest absolute Gasteiger partial charge is 0.496 e. The molecular weight excluding hydrogens is 316 g/mol. The number of methoxy groups -OCH3 is 1. The number of carbonyl (C=O) groups excluding carboxylic acids is 1. The van der Waals surface area contributed by atoms with Gasteiger partial charge in [-0.15, -0.1) is 0 Å². The predicted molar refractivity (Wildman–Crippen MR) is 96.7 cm³/mol. The molecule has 0 atom stereocenters. The van der Waals surface area contributed by atoms with Crippen LogP contribution < -0.4 is 15.4 Å². The van der Waals surface area contributed by atoms with E-state index in [4.69, 9.17) is 4.74 Å². The number of nitrogens with one attached hydrogen (secondary N) is 2. The SMILES string of the molecule is COc1ccccc1CNc1ncc(C(=O)Nc2ccccc2)cn1. The molecule has 126 valence electrons. The van der Waals surface area contributed by atoms with Crippen molar-refractivity contribution in [3.63, 3.8) is 0 Å². The Kier molecular flexibility index (Phi) is 5.21. The normalized spacial score (nSPS) is 10.1. The first kappa shape index (κ1) is 16.4. The summed E-state index contributed by atoms with van der Waals surface area (Å²) in [5.74, 6) is 0.999. The second kappa shape index (κ2) is 7.92. The average molecular weight is 334 g/mol. The zero-order valence-electron chi connectivity index (χ0n) is 13.8. The van der Waals surface area contributed by atoms with E-state index < -0.39 is 0 Å². The summed E-state index contributed by atoms with van der Waals surface area (Å²) in [6.45, 7) is 0.527. The number of aromatic nitrogens is 2. The Bertz CT molecular complexity index is 836. The number of anilines is 2. The quantitative estimate of drug-likeness (QED) is 0.723. The zero-order chi connectivity index (χ0) is 17.5. The Labute approximate surface area is 145 Å². The molecule has 3 aromatic rings. The van der Waals surface area contributed by atoms with Crippen molar-refractivity contribution >= 4 is 17.5 Å². The predicted octanol–water partition coefficient (Wildman–Crippen LogP) is 3.35. The van der Waals surface area contributed by atoms with Gasteiger partial charge in [-0.05, 0) is 18.2 Å². The van der Waals surface area contributed by atoms with E-state index >= 15 is 0 Å². The van der Waals surface area contributed by atoms with Crippen LogP contribution in [-0.2, 0) is 6.54 Å². The van der Waals surface area contributed by atoms with Gasteiger partial charge < -0.3 is 15.4 Å². The zero-order valence-corrected chi connectivity index (χ0v) is 13.8. The van der Waals surface area contributed by atoms with Crippen LogP contribution in [0.5, 0.6) is 5.75 Å². The van der Waals surface area contributed by atoms with E-state index in [-0.39, 0.29) is 5.91 Å². The summed E-state index contributed by atoms with van der Waals surface area (Å²) in [7, 11) is 1.63. The smallest absolute Gasteiger partial charge is 0.258 e. The minimum atomic E-state index is -0.248. The van der Waals surface area contributed by atoms with Crippen LogP contribution >= 0.6 is 0 Å². The van der Waals surface area contributed by atoms with E-state index in [1.54, 1.807) is 7.11 Å². The Morgan fingerprint density at radius 3 is 2.40 bits per heavy atom. The molecule has 6 nitrogen and oxygen atoms in total. The number of hydrogen-bond acceptors (Lipinski definition) is 5. The van der Waals surface area contributed by atoms with Gasteiger partial charge in [-0.1, -0.05) is 36.4 Å². The van der Waals surface area contributed by atoms with Gasteiger partial charge in [-0.25, -0.2) is 9.97 Å². The number of carbonyl (C=O) groups is 1. The third kappa shape index (κ3) is 4.32. The van der Waals surface area contributed by atoms with Gasteiger partial charge >= 0.3 is 0 Å². The van der Waals surface area contributed by atoms with Gasteiger partial charge in [0.2, 0.25) is 5.95 Å². The summed E-state index contributed by atoms with van der Waals surface area (Å²) in [5.41, 5.74) is 2.12. The maximum Gasteiger partial charge on any atom is 0.258 e. The van der Waals surface area contributed by atoms with Crippen molar-refractivity contribution in [1.29, 1.82) is 0 Å². The molecule has 0 spiro atoms. The van der Waals surface area contributed by atoms with Crippen LogP contribution in [0.15, 0.2) is 67.0 Å². The molecule has 2 N–H and O–H groups in total. The van der Waals surface area contributed by atoms with Crippen LogP contribution in [0.3, 0.4) is 0 Å². The maximum absolute atomic E-state index is 12.2. The average Bonchev–Trinajstić information content (AvgIpc) is 2.67. The number of hydrogen-bond donors (Lipinski definition) is 2. The molecule has 0 aliphatic carbocycles. The maximum atomic E-state index is 12.2. The lowest BCUT2D eigenvalue weighted by molar-refractivity contribution is 0.102. The highest BCUT2D eigenvalue weighted by Crippen LogP contribution is 2.18. The van der Waals surface area contributed by atoms with Crippen molar-refractivity contribution in [3.05, 3.63) is 78.1 Å². The van der Waals surface area contributed by atoms with Crippen LogP contribution in [0.25, 0.3) is 0 Å². The summed E-state index contributed by atoms with van der Waals surface area (Å²) in [4.78, 5) is 20.5. The molecule has 0 radical (unpaired) electrons. The Balaban J connectivity index is 1.61. The van der Waals surface area contributed by atoms with Gasteiger partial charge in [0.05, 0.1) is 12.7 Å². The van der Waals surface area contributed by atoms with Gasteiger partial charge in [0, 0.05) is 30.2 Å². The van der Waals surface area contributed by atoms with Crippen LogP contribution in [0.4, 0.5) is 11.6 Å². The van der Waals surface area contributed by atoms with Crippen molar-refractivity contribution < 1.29 is 9.53 Å². The summed E-state index contributed by atoms with van der Waals surface area (Å²) >= 11 is 0. The molecule has 1 amide bonds.